The predicted octanol–water partition coefficient (Wildman–Crippen LogP) is 5.15. The number of para-hydroxylation sites is 1. The van der Waals surface area contributed by atoms with Crippen LogP contribution >= 0.6 is 22.9 Å². The van der Waals surface area contributed by atoms with Gasteiger partial charge in [-0.25, -0.2) is 9.97 Å². The average molecular weight is 339 g/mol. The molecule has 0 fully saturated rings. The monoisotopic (exact) mass is 338 g/mol. The van der Waals surface area contributed by atoms with E-state index in [0.29, 0.717) is 10.8 Å². The van der Waals surface area contributed by atoms with E-state index in [0.717, 1.165) is 27.3 Å². The fourth-order valence-electron chi connectivity index (χ4n) is 2.30. The fraction of sp³-hybridized carbons (Fsp3) is 0. The van der Waals surface area contributed by atoms with Crippen LogP contribution in [0, 0.1) is 0 Å². The number of thiophene rings is 1. The molecule has 1 aromatic carbocycles. The van der Waals surface area contributed by atoms with Crippen molar-refractivity contribution in [2.75, 3.05) is 5.32 Å². The molecular formula is C17H11ClN4S. The second kappa shape index (κ2) is 5.95. The van der Waals surface area contributed by atoms with Gasteiger partial charge in [-0.1, -0.05) is 23.7 Å². The molecule has 6 heteroatoms. The Balaban J connectivity index is 1.89. The fourth-order valence-corrected chi connectivity index (χ4v) is 3.37. The summed E-state index contributed by atoms with van der Waals surface area (Å²) in [6, 6.07) is 13.6. The number of hydrogen-bond acceptors (Lipinski definition) is 5. The van der Waals surface area contributed by atoms with Gasteiger partial charge in [-0.05, 0) is 35.7 Å². The van der Waals surface area contributed by atoms with E-state index in [-0.39, 0.29) is 0 Å². The minimum atomic E-state index is 0.625. The van der Waals surface area contributed by atoms with E-state index in [1.54, 1.807) is 12.4 Å². The molecule has 1 N–H and O–H groups in total. The highest BCUT2D eigenvalue weighted by molar-refractivity contribution is 7.14. The lowest BCUT2D eigenvalue weighted by Crippen LogP contribution is -1.99. The molecule has 23 heavy (non-hydrogen) atoms. The van der Waals surface area contributed by atoms with Gasteiger partial charge < -0.3 is 5.32 Å². The summed E-state index contributed by atoms with van der Waals surface area (Å²) in [5.41, 5.74) is 1.80. The highest BCUT2D eigenvalue weighted by Crippen LogP contribution is 2.34. The van der Waals surface area contributed by atoms with E-state index in [9.17, 15) is 0 Å². The van der Waals surface area contributed by atoms with Gasteiger partial charge in [-0.15, -0.1) is 11.3 Å². The number of halogens is 1. The topological polar surface area (TPSA) is 50.7 Å². The molecule has 0 aliphatic carbocycles. The molecule has 112 valence electrons. The van der Waals surface area contributed by atoms with Gasteiger partial charge >= 0.3 is 0 Å². The number of nitrogens with one attached hydrogen (secondary N) is 1. The van der Waals surface area contributed by atoms with Gasteiger partial charge in [-0.2, -0.15) is 0 Å². The third-order valence-corrected chi connectivity index (χ3v) is 4.70. The maximum absolute atomic E-state index is 6.24. The lowest BCUT2D eigenvalue weighted by atomic mass is 10.2. The molecule has 0 saturated heterocycles. The van der Waals surface area contributed by atoms with E-state index in [1.165, 1.54) is 11.3 Å². The van der Waals surface area contributed by atoms with Crippen LogP contribution in [0.15, 0.2) is 60.2 Å². The van der Waals surface area contributed by atoms with Crippen LogP contribution in [0.25, 0.3) is 21.6 Å². The van der Waals surface area contributed by atoms with Gasteiger partial charge in [0.1, 0.15) is 5.82 Å². The summed E-state index contributed by atoms with van der Waals surface area (Å²) in [4.78, 5) is 14.2. The van der Waals surface area contributed by atoms with Crippen LogP contribution in [0.2, 0.25) is 5.02 Å². The molecule has 0 atom stereocenters. The zero-order valence-corrected chi connectivity index (χ0v) is 13.5. The standard InChI is InChI=1S/C17H11ClN4S/c18-13-7-10-23-15(13)17-21-14-4-2-1-3-12(14)16(22-17)20-11-5-8-19-9-6-11/h1-10H,(H,19,20,21,22). The number of hydrogen-bond donors (Lipinski definition) is 1. The van der Waals surface area contributed by atoms with Gasteiger partial charge in [-0.3, -0.25) is 4.98 Å². The summed E-state index contributed by atoms with van der Waals surface area (Å²) < 4.78 is 0. The first-order valence-corrected chi connectivity index (χ1v) is 8.24. The Morgan fingerprint density at radius 2 is 1.78 bits per heavy atom. The molecule has 3 heterocycles. The summed E-state index contributed by atoms with van der Waals surface area (Å²) >= 11 is 7.77. The van der Waals surface area contributed by atoms with Crippen molar-refractivity contribution in [3.8, 4) is 10.7 Å². The zero-order valence-electron chi connectivity index (χ0n) is 11.9. The summed E-state index contributed by atoms with van der Waals surface area (Å²) in [5.74, 6) is 1.38. The number of benzene rings is 1. The number of anilines is 2. The summed E-state index contributed by atoms with van der Waals surface area (Å²) in [7, 11) is 0. The van der Waals surface area contributed by atoms with Crippen LogP contribution < -0.4 is 5.32 Å². The summed E-state index contributed by atoms with van der Waals surface area (Å²) in [5, 5.41) is 6.90. The molecule has 0 aliphatic heterocycles. The normalized spacial score (nSPS) is 10.8. The van der Waals surface area contributed by atoms with Crippen LogP contribution in [0.5, 0.6) is 0 Å². The first-order valence-electron chi connectivity index (χ1n) is 6.98. The van der Waals surface area contributed by atoms with E-state index in [4.69, 9.17) is 11.6 Å². The number of rotatable bonds is 3. The minimum absolute atomic E-state index is 0.625. The predicted molar refractivity (Wildman–Crippen MR) is 95.4 cm³/mol. The quantitative estimate of drug-likeness (QED) is 0.561. The third-order valence-electron chi connectivity index (χ3n) is 3.37. The van der Waals surface area contributed by atoms with Crippen molar-refractivity contribution in [3.63, 3.8) is 0 Å². The molecule has 3 aromatic heterocycles. The van der Waals surface area contributed by atoms with E-state index < -0.39 is 0 Å². The highest BCUT2D eigenvalue weighted by Gasteiger charge is 2.13. The largest absolute Gasteiger partial charge is 0.340 e. The molecule has 0 unspecified atom stereocenters. The molecule has 4 nitrogen and oxygen atoms in total. The second-order valence-electron chi connectivity index (χ2n) is 4.87. The first-order chi connectivity index (χ1) is 11.3. The first kappa shape index (κ1) is 14.1. The Morgan fingerprint density at radius 3 is 2.57 bits per heavy atom. The van der Waals surface area contributed by atoms with Gasteiger partial charge in [0, 0.05) is 23.5 Å². The molecule has 0 radical (unpaired) electrons. The molecule has 4 rings (SSSR count). The second-order valence-corrected chi connectivity index (χ2v) is 6.19. The summed E-state index contributed by atoms with van der Waals surface area (Å²) in [6.07, 6.45) is 3.48. The van der Waals surface area contributed by atoms with Crippen LogP contribution in [-0.4, -0.2) is 15.0 Å². The lowest BCUT2D eigenvalue weighted by Gasteiger charge is -2.10. The molecule has 0 bridgehead atoms. The minimum Gasteiger partial charge on any atom is -0.340 e. The summed E-state index contributed by atoms with van der Waals surface area (Å²) in [6.45, 7) is 0. The van der Waals surface area contributed by atoms with Gasteiger partial charge in [0.25, 0.3) is 0 Å². The number of nitrogens with zero attached hydrogens (tertiary/aromatic N) is 3. The Bertz CT molecular complexity index is 969. The highest BCUT2D eigenvalue weighted by atomic mass is 35.5. The Kier molecular flexibility index (Phi) is 3.65. The zero-order chi connectivity index (χ0) is 15.6. The van der Waals surface area contributed by atoms with Crippen molar-refractivity contribution in [3.05, 3.63) is 65.3 Å². The van der Waals surface area contributed by atoms with Gasteiger partial charge in [0.05, 0.1) is 15.4 Å². The molecule has 0 spiro atoms. The van der Waals surface area contributed by atoms with Gasteiger partial charge in [0.2, 0.25) is 0 Å². The van der Waals surface area contributed by atoms with E-state index in [1.807, 2.05) is 47.8 Å². The van der Waals surface area contributed by atoms with E-state index in [2.05, 4.69) is 20.3 Å². The van der Waals surface area contributed by atoms with Gasteiger partial charge in [0.15, 0.2) is 5.82 Å². The Morgan fingerprint density at radius 1 is 0.957 bits per heavy atom. The maximum Gasteiger partial charge on any atom is 0.173 e. The van der Waals surface area contributed by atoms with Crippen molar-refractivity contribution >= 4 is 45.3 Å². The smallest absolute Gasteiger partial charge is 0.173 e. The number of fused-ring (bicyclic) bond motifs is 1. The SMILES string of the molecule is Clc1ccsc1-c1nc(Nc2ccncc2)c2ccccc2n1. The average Bonchev–Trinajstić information content (AvgIpc) is 3.02. The number of aromatic nitrogens is 3. The lowest BCUT2D eigenvalue weighted by molar-refractivity contribution is 1.23. The molecule has 0 saturated carbocycles. The van der Waals surface area contributed by atoms with Crippen LogP contribution in [0.4, 0.5) is 11.5 Å². The van der Waals surface area contributed by atoms with Crippen LogP contribution in [-0.2, 0) is 0 Å². The Labute approximate surface area is 141 Å². The van der Waals surface area contributed by atoms with Crippen molar-refractivity contribution in [2.45, 2.75) is 0 Å². The number of pyridine rings is 1. The Hall–Kier alpha value is -2.50. The van der Waals surface area contributed by atoms with Crippen LogP contribution in [0.3, 0.4) is 0 Å². The third kappa shape index (κ3) is 2.76. The van der Waals surface area contributed by atoms with Crippen LogP contribution in [0.1, 0.15) is 0 Å². The maximum atomic E-state index is 6.24. The molecule has 0 aliphatic rings. The van der Waals surface area contributed by atoms with Crippen molar-refractivity contribution < 1.29 is 0 Å². The molecule has 4 aromatic rings. The molecule has 0 amide bonds. The van der Waals surface area contributed by atoms with Crippen molar-refractivity contribution in [1.82, 2.24) is 15.0 Å². The molecular weight excluding hydrogens is 328 g/mol. The van der Waals surface area contributed by atoms with E-state index >= 15 is 0 Å². The van der Waals surface area contributed by atoms with Crippen molar-refractivity contribution in [1.29, 1.82) is 0 Å². The van der Waals surface area contributed by atoms with Crippen molar-refractivity contribution in [2.24, 2.45) is 0 Å².